The van der Waals surface area contributed by atoms with Crippen molar-refractivity contribution in [2.75, 3.05) is 20.2 Å². The zero-order chi connectivity index (χ0) is 13.7. The molecule has 0 saturated carbocycles. The molecule has 0 saturated heterocycles. The maximum absolute atomic E-state index is 5.94. The van der Waals surface area contributed by atoms with Crippen molar-refractivity contribution >= 4 is 0 Å². The second-order valence-corrected chi connectivity index (χ2v) is 6.25. The fourth-order valence-electron chi connectivity index (χ4n) is 1.31. The molecule has 0 aromatic heterocycles. The highest BCUT2D eigenvalue weighted by Gasteiger charge is 2.22. The van der Waals surface area contributed by atoms with E-state index in [0.717, 1.165) is 26.0 Å². The lowest BCUT2D eigenvalue weighted by Gasteiger charge is -2.30. The largest absolute Gasteiger partial charge is 0.375 e. The van der Waals surface area contributed by atoms with E-state index in [1.165, 1.54) is 5.57 Å². The standard InChI is InChI=1S/C14H30N2O/c1-12(2)13(3,4)9-11-17-14(5,6)8-10-16(7)15/h1,8-11,15H2,2-7H3. The highest BCUT2D eigenvalue weighted by Crippen LogP contribution is 2.29. The molecule has 0 unspecified atom stereocenters. The summed E-state index contributed by atoms with van der Waals surface area (Å²) < 4.78 is 5.94. The number of hydrazine groups is 1. The Morgan fingerprint density at radius 2 is 1.76 bits per heavy atom. The molecule has 0 aliphatic carbocycles. The van der Waals surface area contributed by atoms with Crippen molar-refractivity contribution in [1.82, 2.24) is 5.01 Å². The van der Waals surface area contributed by atoms with Crippen molar-refractivity contribution < 1.29 is 4.74 Å². The molecule has 0 aliphatic heterocycles. The van der Waals surface area contributed by atoms with Crippen molar-refractivity contribution in [2.45, 2.75) is 53.1 Å². The Labute approximate surface area is 107 Å². The molecular weight excluding hydrogens is 212 g/mol. The maximum Gasteiger partial charge on any atom is 0.0639 e. The van der Waals surface area contributed by atoms with Crippen LogP contribution in [0, 0.1) is 5.41 Å². The van der Waals surface area contributed by atoms with Gasteiger partial charge in [0.15, 0.2) is 0 Å². The van der Waals surface area contributed by atoms with E-state index in [-0.39, 0.29) is 11.0 Å². The Balaban J connectivity index is 3.98. The molecule has 0 radical (unpaired) electrons. The first-order chi connectivity index (χ1) is 7.57. The zero-order valence-corrected chi connectivity index (χ0v) is 12.5. The molecule has 3 heteroatoms. The maximum atomic E-state index is 5.94. The van der Waals surface area contributed by atoms with E-state index in [2.05, 4.69) is 41.2 Å². The van der Waals surface area contributed by atoms with Crippen LogP contribution in [0.5, 0.6) is 0 Å². The first-order valence-corrected chi connectivity index (χ1v) is 6.33. The Morgan fingerprint density at radius 1 is 1.24 bits per heavy atom. The van der Waals surface area contributed by atoms with Gasteiger partial charge in [-0.3, -0.25) is 10.9 Å². The third-order valence-electron chi connectivity index (χ3n) is 3.44. The molecule has 0 spiro atoms. The second kappa shape index (κ2) is 6.53. The van der Waals surface area contributed by atoms with Crippen LogP contribution in [-0.4, -0.2) is 30.8 Å². The summed E-state index contributed by atoms with van der Waals surface area (Å²) >= 11 is 0. The van der Waals surface area contributed by atoms with Gasteiger partial charge in [0.2, 0.25) is 0 Å². The van der Waals surface area contributed by atoms with Gasteiger partial charge in [-0.05, 0) is 39.0 Å². The number of ether oxygens (including phenoxy) is 1. The van der Waals surface area contributed by atoms with Crippen molar-refractivity contribution in [3.8, 4) is 0 Å². The third kappa shape index (κ3) is 7.53. The molecular formula is C14H30N2O. The molecule has 0 aliphatic rings. The molecule has 3 nitrogen and oxygen atoms in total. The van der Waals surface area contributed by atoms with Crippen molar-refractivity contribution in [3.05, 3.63) is 12.2 Å². The highest BCUT2D eigenvalue weighted by molar-refractivity contribution is 5.02. The molecule has 17 heavy (non-hydrogen) atoms. The SMILES string of the molecule is C=C(C)C(C)(C)CCOC(C)(C)CCN(C)N. The van der Waals surface area contributed by atoms with E-state index in [1.807, 2.05) is 7.05 Å². The van der Waals surface area contributed by atoms with Crippen molar-refractivity contribution in [1.29, 1.82) is 0 Å². The number of rotatable bonds is 8. The monoisotopic (exact) mass is 242 g/mol. The van der Waals surface area contributed by atoms with Crippen LogP contribution in [-0.2, 0) is 4.74 Å². The number of allylic oxidation sites excluding steroid dienone is 1. The first-order valence-electron chi connectivity index (χ1n) is 6.33. The molecule has 0 amide bonds. The Kier molecular flexibility index (Phi) is 6.38. The molecule has 0 rings (SSSR count). The quantitative estimate of drug-likeness (QED) is 0.404. The summed E-state index contributed by atoms with van der Waals surface area (Å²) in [6.45, 7) is 16.4. The predicted molar refractivity (Wildman–Crippen MR) is 74.7 cm³/mol. The summed E-state index contributed by atoms with van der Waals surface area (Å²) in [5.41, 5.74) is 1.25. The molecule has 0 heterocycles. The van der Waals surface area contributed by atoms with Crippen molar-refractivity contribution in [3.63, 3.8) is 0 Å². The number of hydrogen-bond acceptors (Lipinski definition) is 3. The molecule has 0 fully saturated rings. The first kappa shape index (κ1) is 16.6. The third-order valence-corrected chi connectivity index (χ3v) is 3.44. The molecule has 0 aromatic rings. The highest BCUT2D eigenvalue weighted by atomic mass is 16.5. The van der Waals surface area contributed by atoms with Crippen LogP contribution < -0.4 is 5.84 Å². The molecule has 0 atom stereocenters. The van der Waals surface area contributed by atoms with E-state index in [0.29, 0.717) is 0 Å². The zero-order valence-electron chi connectivity index (χ0n) is 12.5. The number of nitrogens with two attached hydrogens (primary N) is 1. The Morgan fingerprint density at radius 3 is 2.18 bits per heavy atom. The van der Waals surface area contributed by atoms with E-state index < -0.39 is 0 Å². The van der Waals surface area contributed by atoms with Gasteiger partial charge in [0, 0.05) is 20.2 Å². The van der Waals surface area contributed by atoms with Crippen LogP contribution in [0.2, 0.25) is 0 Å². The van der Waals surface area contributed by atoms with Gasteiger partial charge in [-0.25, -0.2) is 0 Å². The van der Waals surface area contributed by atoms with E-state index in [4.69, 9.17) is 10.6 Å². The summed E-state index contributed by atoms with van der Waals surface area (Å²) in [5.74, 6) is 5.60. The average molecular weight is 242 g/mol. The van der Waals surface area contributed by atoms with Gasteiger partial charge in [0.05, 0.1) is 5.60 Å². The van der Waals surface area contributed by atoms with Crippen LogP contribution in [0.4, 0.5) is 0 Å². The summed E-state index contributed by atoms with van der Waals surface area (Å²) in [6, 6.07) is 0. The van der Waals surface area contributed by atoms with Crippen LogP contribution >= 0.6 is 0 Å². The summed E-state index contributed by atoms with van der Waals surface area (Å²) in [6.07, 6.45) is 1.94. The van der Waals surface area contributed by atoms with Crippen LogP contribution in [0.1, 0.15) is 47.5 Å². The molecule has 0 aromatic carbocycles. The average Bonchev–Trinajstić information content (AvgIpc) is 2.14. The summed E-state index contributed by atoms with van der Waals surface area (Å²) in [7, 11) is 1.88. The van der Waals surface area contributed by atoms with Crippen LogP contribution in [0.15, 0.2) is 12.2 Å². The molecule has 102 valence electrons. The molecule has 0 bridgehead atoms. The van der Waals surface area contributed by atoms with Crippen molar-refractivity contribution in [2.24, 2.45) is 11.3 Å². The van der Waals surface area contributed by atoms with Gasteiger partial charge in [0.25, 0.3) is 0 Å². The van der Waals surface area contributed by atoms with Gasteiger partial charge in [0.1, 0.15) is 0 Å². The van der Waals surface area contributed by atoms with Gasteiger partial charge >= 0.3 is 0 Å². The Hall–Kier alpha value is -0.380. The number of hydrogen-bond donors (Lipinski definition) is 1. The van der Waals surface area contributed by atoms with Crippen LogP contribution in [0.3, 0.4) is 0 Å². The van der Waals surface area contributed by atoms with Gasteiger partial charge < -0.3 is 4.74 Å². The second-order valence-electron chi connectivity index (χ2n) is 6.25. The Bertz CT molecular complexity index is 245. The predicted octanol–water partition coefficient (Wildman–Crippen LogP) is 2.97. The lowest BCUT2D eigenvalue weighted by atomic mass is 9.83. The van der Waals surface area contributed by atoms with E-state index in [9.17, 15) is 0 Å². The van der Waals surface area contributed by atoms with Gasteiger partial charge in [-0.1, -0.05) is 26.0 Å². The lowest BCUT2D eigenvalue weighted by molar-refractivity contribution is -0.0360. The fourth-order valence-corrected chi connectivity index (χ4v) is 1.31. The van der Waals surface area contributed by atoms with Gasteiger partial charge in [-0.15, -0.1) is 0 Å². The van der Waals surface area contributed by atoms with E-state index in [1.54, 1.807) is 5.01 Å². The van der Waals surface area contributed by atoms with Crippen LogP contribution in [0.25, 0.3) is 0 Å². The van der Waals surface area contributed by atoms with Gasteiger partial charge in [-0.2, -0.15) is 0 Å². The summed E-state index contributed by atoms with van der Waals surface area (Å²) in [4.78, 5) is 0. The molecule has 2 N–H and O–H groups in total. The minimum atomic E-state index is -0.112. The lowest BCUT2D eigenvalue weighted by Crippen LogP contribution is -2.35. The minimum Gasteiger partial charge on any atom is -0.375 e. The van der Waals surface area contributed by atoms with E-state index >= 15 is 0 Å². The minimum absolute atomic E-state index is 0.112. The number of nitrogens with zero attached hydrogens (tertiary/aromatic N) is 1. The topological polar surface area (TPSA) is 38.5 Å². The normalized spacial score (nSPS) is 13.2. The fraction of sp³-hybridized carbons (Fsp3) is 0.857. The summed E-state index contributed by atoms with van der Waals surface area (Å²) in [5, 5.41) is 1.70. The smallest absolute Gasteiger partial charge is 0.0639 e.